The van der Waals surface area contributed by atoms with Crippen LogP contribution in [0.4, 0.5) is 0 Å². The minimum Gasteiger partial charge on any atom is -0.349 e. The third kappa shape index (κ3) is 3.82. The van der Waals surface area contributed by atoms with Gasteiger partial charge in [-0.15, -0.1) is 11.3 Å². The van der Waals surface area contributed by atoms with Crippen molar-refractivity contribution in [2.75, 3.05) is 13.1 Å². The van der Waals surface area contributed by atoms with Crippen molar-refractivity contribution in [3.05, 3.63) is 65.0 Å². The average molecular weight is 429 g/mol. The van der Waals surface area contributed by atoms with E-state index < -0.39 is 10.0 Å². The molecule has 1 saturated heterocycles. The summed E-state index contributed by atoms with van der Waals surface area (Å²) in [4.78, 5) is 13.9. The van der Waals surface area contributed by atoms with Crippen molar-refractivity contribution < 1.29 is 13.2 Å². The number of fused-ring (bicyclic) bond motifs is 1. The molecule has 1 fully saturated rings. The lowest BCUT2D eigenvalue weighted by Crippen LogP contribution is -2.31. The van der Waals surface area contributed by atoms with Crippen molar-refractivity contribution in [3.8, 4) is 0 Å². The molecule has 0 aliphatic carbocycles. The molecule has 3 aromatic rings. The Morgan fingerprint density at radius 3 is 2.52 bits per heavy atom. The lowest BCUT2D eigenvalue weighted by atomic mass is 9.95. The Labute approximate surface area is 175 Å². The van der Waals surface area contributed by atoms with Gasteiger partial charge in [0.15, 0.2) is 0 Å². The van der Waals surface area contributed by atoms with E-state index in [0.29, 0.717) is 29.3 Å². The van der Waals surface area contributed by atoms with Crippen molar-refractivity contribution in [1.82, 2.24) is 9.62 Å². The molecule has 4 rings (SSSR count). The Kier molecular flexibility index (Phi) is 5.46. The van der Waals surface area contributed by atoms with Gasteiger partial charge in [-0.05, 0) is 49.4 Å². The third-order valence-corrected chi connectivity index (χ3v) is 8.26. The Morgan fingerprint density at radius 1 is 1.10 bits per heavy atom. The molecule has 152 valence electrons. The van der Waals surface area contributed by atoms with Crippen LogP contribution >= 0.6 is 11.3 Å². The Hall–Kier alpha value is -2.22. The lowest BCUT2D eigenvalue weighted by molar-refractivity contribution is 0.0946. The second kappa shape index (κ2) is 7.89. The monoisotopic (exact) mass is 428 g/mol. The van der Waals surface area contributed by atoms with Gasteiger partial charge in [-0.3, -0.25) is 4.79 Å². The largest absolute Gasteiger partial charge is 0.349 e. The maximum Gasteiger partial charge on any atom is 0.261 e. The third-order valence-electron chi connectivity index (χ3n) is 5.20. The van der Waals surface area contributed by atoms with Gasteiger partial charge >= 0.3 is 0 Å². The topological polar surface area (TPSA) is 66.5 Å². The number of hydrogen-bond donors (Lipinski definition) is 1. The molecular weight excluding hydrogens is 404 g/mol. The molecule has 29 heavy (non-hydrogen) atoms. The van der Waals surface area contributed by atoms with Gasteiger partial charge in [0, 0.05) is 29.7 Å². The van der Waals surface area contributed by atoms with Crippen LogP contribution in [0.5, 0.6) is 0 Å². The molecule has 0 bridgehead atoms. The first-order chi connectivity index (χ1) is 13.9. The van der Waals surface area contributed by atoms with Crippen LogP contribution in [-0.2, 0) is 10.0 Å². The normalized spacial score (nSPS) is 17.8. The molecule has 7 heteroatoms. The quantitative estimate of drug-likeness (QED) is 0.662. The van der Waals surface area contributed by atoms with E-state index in [1.807, 2.05) is 44.2 Å². The maximum absolute atomic E-state index is 13.0. The van der Waals surface area contributed by atoms with Gasteiger partial charge in [-0.2, -0.15) is 4.31 Å². The Morgan fingerprint density at radius 2 is 1.79 bits per heavy atom. The molecule has 1 amide bonds. The highest BCUT2D eigenvalue weighted by Crippen LogP contribution is 2.41. The van der Waals surface area contributed by atoms with E-state index in [1.54, 1.807) is 28.6 Å². The summed E-state index contributed by atoms with van der Waals surface area (Å²) < 4.78 is 28.7. The van der Waals surface area contributed by atoms with E-state index in [4.69, 9.17) is 0 Å². The van der Waals surface area contributed by atoms with Crippen LogP contribution in [0.2, 0.25) is 0 Å². The zero-order valence-electron chi connectivity index (χ0n) is 16.5. The Bertz CT molecular complexity index is 1140. The molecule has 1 aliphatic rings. The number of rotatable bonds is 5. The van der Waals surface area contributed by atoms with Crippen LogP contribution in [0, 0.1) is 0 Å². The molecule has 0 saturated carbocycles. The van der Waals surface area contributed by atoms with Gasteiger partial charge in [0.1, 0.15) is 0 Å². The number of sulfonamides is 1. The van der Waals surface area contributed by atoms with Crippen molar-refractivity contribution in [3.63, 3.8) is 0 Å². The fourth-order valence-electron chi connectivity index (χ4n) is 3.89. The van der Waals surface area contributed by atoms with Gasteiger partial charge in [-0.1, -0.05) is 36.4 Å². The number of thiophene rings is 1. The van der Waals surface area contributed by atoms with E-state index in [0.717, 1.165) is 15.6 Å². The van der Waals surface area contributed by atoms with Crippen LogP contribution in [0.15, 0.2) is 59.5 Å². The van der Waals surface area contributed by atoms with E-state index in [1.165, 1.54) is 11.3 Å². The second-order valence-corrected chi connectivity index (χ2v) is 10.6. The lowest BCUT2D eigenvalue weighted by Gasteiger charge is -2.17. The van der Waals surface area contributed by atoms with E-state index in [-0.39, 0.29) is 17.9 Å². The molecule has 1 N–H and O–H groups in total. The minimum atomic E-state index is -3.53. The predicted molar refractivity (Wildman–Crippen MR) is 117 cm³/mol. The fraction of sp³-hybridized carbons (Fsp3) is 0.318. The summed E-state index contributed by atoms with van der Waals surface area (Å²) >= 11 is 1.49. The van der Waals surface area contributed by atoms with Crippen LogP contribution in [0.3, 0.4) is 0 Å². The zero-order chi connectivity index (χ0) is 20.6. The molecule has 5 nitrogen and oxygen atoms in total. The highest BCUT2D eigenvalue weighted by molar-refractivity contribution is 7.89. The van der Waals surface area contributed by atoms with E-state index in [2.05, 4.69) is 5.32 Å². The summed E-state index contributed by atoms with van der Waals surface area (Å²) in [5.41, 5.74) is 0.981. The SMILES string of the molecule is CC(C)NC(=O)c1sc2ccccc2c1C1CCN(S(=O)(=O)c2ccccc2)C1. The summed E-state index contributed by atoms with van der Waals surface area (Å²) in [7, 11) is -3.53. The molecule has 1 atom stereocenters. The summed E-state index contributed by atoms with van der Waals surface area (Å²) in [6, 6.07) is 16.6. The molecule has 2 aromatic carbocycles. The van der Waals surface area contributed by atoms with Crippen LogP contribution in [0.25, 0.3) is 10.1 Å². The number of hydrogen-bond acceptors (Lipinski definition) is 4. The highest BCUT2D eigenvalue weighted by atomic mass is 32.2. The van der Waals surface area contributed by atoms with Crippen LogP contribution in [0.1, 0.15) is 41.4 Å². The number of benzene rings is 2. The first kappa shape index (κ1) is 20.1. The number of nitrogens with one attached hydrogen (secondary N) is 1. The van der Waals surface area contributed by atoms with Gasteiger partial charge in [0.25, 0.3) is 5.91 Å². The van der Waals surface area contributed by atoms with Crippen LogP contribution in [-0.4, -0.2) is 37.8 Å². The molecule has 0 spiro atoms. The van der Waals surface area contributed by atoms with Crippen molar-refractivity contribution in [2.24, 2.45) is 0 Å². The van der Waals surface area contributed by atoms with Crippen molar-refractivity contribution >= 4 is 37.4 Å². The van der Waals surface area contributed by atoms with Crippen LogP contribution < -0.4 is 5.32 Å². The van der Waals surface area contributed by atoms with Crippen molar-refractivity contribution in [2.45, 2.75) is 37.1 Å². The Balaban J connectivity index is 1.70. The fourth-order valence-corrected chi connectivity index (χ4v) is 6.60. The van der Waals surface area contributed by atoms with Gasteiger partial charge < -0.3 is 5.32 Å². The summed E-state index contributed by atoms with van der Waals surface area (Å²) in [5.74, 6) is -0.0851. The molecule has 1 unspecified atom stereocenters. The zero-order valence-corrected chi connectivity index (χ0v) is 18.1. The standard InChI is InChI=1S/C22H24N2O3S2/c1-15(2)23-22(25)21-20(18-10-6-7-11-19(18)28-21)16-12-13-24(14-16)29(26,27)17-8-4-3-5-9-17/h3-11,15-16H,12-14H2,1-2H3,(H,23,25). The van der Waals surface area contributed by atoms with Gasteiger partial charge in [-0.25, -0.2) is 8.42 Å². The molecule has 0 radical (unpaired) electrons. The molecule has 1 aliphatic heterocycles. The number of nitrogens with zero attached hydrogens (tertiary/aromatic N) is 1. The second-order valence-electron chi connectivity index (χ2n) is 7.63. The van der Waals surface area contributed by atoms with E-state index >= 15 is 0 Å². The molecule has 2 heterocycles. The summed E-state index contributed by atoms with van der Waals surface area (Å²) in [6.07, 6.45) is 0.703. The maximum atomic E-state index is 13.0. The number of carbonyl (C=O) groups excluding carboxylic acids is 1. The minimum absolute atomic E-state index is 0.00227. The number of amides is 1. The average Bonchev–Trinajstić information content (AvgIpc) is 3.33. The molecule has 1 aromatic heterocycles. The van der Waals surface area contributed by atoms with Gasteiger partial charge in [0.2, 0.25) is 10.0 Å². The summed E-state index contributed by atoms with van der Waals surface area (Å²) in [5, 5.41) is 4.04. The van der Waals surface area contributed by atoms with E-state index in [9.17, 15) is 13.2 Å². The first-order valence-corrected chi connectivity index (χ1v) is 12.0. The van der Waals surface area contributed by atoms with Crippen molar-refractivity contribution in [1.29, 1.82) is 0 Å². The van der Waals surface area contributed by atoms with Gasteiger partial charge in [0.05, 0.1) is 9.77 Å². The highest BCUT2D eigenvalue weighted by Gasteiger charge is 2.36. The molecular formula is C22H24N2O3S2. The smallest absolute Gasteiger partial charge is 0.261 e. The summed E-state index contributed by atoms with van der Waals surface area (Å²) in [6.45, 7) is 4.72. The predicted octanol–water partition coefficient (Wildman–Crippen LogP) is 4.22. The number of carbonyl (C=O) groups is 1. The first-order valence-electron chi connectivity index (χ1n) is 9.75.